The molecule has 3 saturated heterocycles. The van der Waals surface area contributed by atoms with Crippen molar-refractivity contribution >= 4 is 11.5 Å². The first-order valence-corrected chi connectivity index (χ1v) is 10.2. The van der Waals surface area contributed by atoms with Gasteiger partial charge in [-0.25, -0.2) is 0 Å². The van der Waals surface area contributed by atoms with Crippen LogP contribution in [0, 0.1) is 19.8 Å². The second-order valence-corrected chi connectivity index (χ2v) is 7.87. The maximum atomic E-state index is 6.14. The van der Waals surface area contributed by atoms with Gasteiger partial charge >= 0.3 is 6.01 Å². The summed E-state index contributed by atoms with van der Waals surface area (Å²) in [5, 5.41) is 3.33. The Bertz CT molecular complexity index is 847. The second kappa shape index (κ2) is 7.91. The number of rotatable bonds is 6. The summed E-state index contributed by atoms with van der Waals surface area (Å²) in [5.41, 5.74) is 10.9. The molecule has 5 rings (SSSR count). The lowest BCUT2D eigenvalue weighted by Crippen LogP contribution is -2.46. The number of hydrogen-bond acceptors (Lipinski definition) is 7. The van der Waals surface area contributed by atoms with Crippen molar-refractivity contribution in [2.75, 3.05) is 37.3 Å². The van der Waals surface area contributed by atoms with Crippen LogP contribution in [0.3, 0.4) is 0 Å². The highest BCUT2D eigenvalue weighted by atomic mass is 16.5. The number of aromatic nitrogens is 3. The number of aryl methyl sites for hydroxylation is 2. The van der Waals surface area contributed by atoms with Gasteiger partial charge in [0.1, 0.15) is 0 Å². The Morgan fingerprint density at radius 3 is 2.57 bits per heavy atom. The van der Waals surface area contributed by atoms with Crippen molar-refractivity contribution in [3.05, 3.63) is 34.8 Å². The monoisotopic (exact) mass is 382 g/mol. The van der Waals surface area contributed by atoms with E-state index in [1.54, 1.807) is 0 Å². The van der Waals surface area contributed by atoms with Crippen LogP contribution in [0.4, 0.5) is 11.5 Å². The Hall–Kier alpha value is -2.41. The first kappa shape index (κ1) is 18.9. The van der Waals surface area contributed by atoms with Gasteiger partial charge in [-0.05, 0) is 64.3 Å². The van der Waals surface area contributed by atoms with E-state index in [2.05, 4.69) is 39.2 Å². The number of ether oxygens (including phenoxy) is 1. The van der Waals surface area contributed by atoms with Crippen LogP contribution in [-0.2, 0) is 6.54 Å². The number of nitrogen functional groups attached to an aromatic ring is 1. The third kappa shape index (κ3) is 3.76. The zero-order valence-electron chi connectivity index (χ0n) is 17.0. The van der Waals surface area contributed by atoms with Gasteiger partial charge in [0.05, 0.1) is 18.0 Å². The van der Waals surface area contributed by atoms with Gasteiger partial charge < -0.3 is 20.7 Å². The fourth-order valence-electron chi connectivity index (χ4n) is 4.37. The predicted molar refractivity (Wildman–Crippen MR) is 111 cm³/mol. The Morgan fingerprint density at radius 1 is 1.14 bits per heavy atom. The first-order valence-electron chi connectivity index (χ1n) is 10.2. The molecule has 2 aromatic heterocycles. The van der Waals surface area contributed by atoms with E-state index >= 15 is 0 Å². The molecule has 150 valence electrons. The van der Waals surface area contributed by atoms with Crippen molar-refractivity contribution < 1.29 is 4.74 Å². The van der Waals surface area contributed by atoms with E-state index < -0.39 is 0 Å². The topological polar surface area (TPSA) is 89.2 Å². The molecule has 1 atom stereocenters. The van der Waals surface area contributed by atoms with Crippen LogP contribution in [-0.4, -0.2) is 46.1 Å². The molecule has 28 heavy (non-hydrogen) atoms. The van der Waals surface area contributed by atoms with E-state index in [0.29, 0.717) is 42.3 Å². The van der Waals surface area contributed by atoms with E-state index in [-0.39, 0.29) is 0 Å². The normalized spacial score (nSPS) is 23.6. The number of nitrogens with zero attached hydrogens (tertiary/aromatic N) is 4. The lowest BCUT2D eigenvalue weighted by Gasteiger charge is -2.44. The molecule has 0 aliphatic carbocycles. The molecule has 1 unspecified atom stereocenters. The number of piperidine rings is 3. The first-order chi connectivity index (χ1) is 13.5. The highest BCUT2D eigenvalue weighted by Crippen LogP contribution is 2.38. The average molecular weight is 383 g/mol. The molecule has 0 aromatic carbocycles. The summed E-state index contributed by atoms with van der Waals surface area (Å²) in [6.45, 7) is 10.7. The third-order valence-electron chi connectivity index (χ3n) is 6.09. The Balaban J connectivity index is 1.47. The Morgan fingerprint density at radius 2 is 1.93 bits per heavy atom. The van der Waals surface area contributed by atoms with Crippen LogP contribution in [0.1, 0.15) is 48.3 Å². The van der Waals surface area contributed by atoms with Crippen molar-refractivity contribution in [3.63, 3.8) is 0 Å². The number of pyridine rings is 1. The minimum absolute atomic E-state index is 0.351. The summed E-state index contributed by atoms with van der Waals surface area (Å²) in [4.78, 5) is 16.2. The van der Waals surface area contributed by atoms with E-state index in [0.717, 1.165) is 23.7 Å². The van der Waals surface area contributed by atoms with Crippen LogP contribution in [0.15, 0.2) is 12.1 Å². The number of hydrogen-bond donors (Lipinski definition) is 2. The number of anilines is 2. The zero-order chi connectivity index (χ0) is 19.7. The van der Waals surface area contributed by atoms with Gasteiger partial charge in [0.2, 0.25) is 0 Å². The minimum Gasteiger partial charge on any atom is -0.464 e. The van der Waals surface area contributed by atoms with Gasteiger partial charge in [-0.3, -0.25) is 4.98 Å². The molecule has 0 amide bonds. The van der Waals surface area contributed by atoms with Crippen LogP contribution in [0.2, 0.25) is 0 Å². The third-order valence-corrected chi connectivity index (χ3v) is 6.09. The predicted octanol–water partition coefficient (Wildman–Crippen LogP) is 2.89. The number of nitrogens with two attached hydrogens (primary N) is 1. The molecule has 0 spiro atoms. The maximum absolute atomic E-state index is 6.14. The van der Waals surface area contributed by atoms with Crippen molar-refractivity contribution in [1.29, 1.82) is 0 Å². The Labute approximate surface area is 166 Å². The summed E-state index contributed by atoms with van der Waals surface area (Å²) in [6.07, 6.45) is 2.62. The summed E-state index contributed by atoms with van der Waals surface area (Å²) in [5.74, 6) is 1.98. The zero-order valence-corrected chi connectivity index (χ0v) is 17.0. The fourth-order valence-corrected chi connectivity index (χ4v) is 4.37. The van der Waals surface area contributed by atoms with Gasteiger partial charge in [0, 0.05) is 30.4 Å². The fraction of sp³-hybridized carbons (Fsp3) is 0.571. The molecular weight excluding hydrogens is 352 g/mol. The van der Waals surface area contributed by atoms with Gasteiger partial charge in [-0.15, -0.1) is 0 Å². The Kier molecular flexibility index (Phi) is 5.35. The largest absolute Gasteiger partial charge is 0.464 e. The highest BCUT2D eigenvalue weighted by molar-refractivity contribution is 5.64. The van der Waals surface area contributed by atoms with Gasteiger partial charge in [-0.2, -0.15) is 9.97 Å². The highest BCUT2D eigenvalue weighted by Gasteiger charge is 2.35. The summed E-state index contributed by atoms with van der Waals surface area (Å²) in [7, 11) is 0. The van der Waals surface area contributed by atoms with Crippen molar-refractivity contribution in [1.82, 2.24) is 19.9 Å². The minimum atomic E-state index is 0.351. The molecule has 3 fully saturated rings. The average Bonchev–Trinajstić information content (AvgIpc) is 2.71. The molecule has 3 aliphatic heterocycles. The van der Waals surface area contributed by atoms with Crippen LogP contribution < -0.4 is 15.8 Å². The quantitative estimate of drug-likeness (QED) is 0.794. The molecular formula is C21H30N6O. The van der Waals surface area contributed by atoms with Crippen LogP contribution >= 0.6 is 0 Å². The van der Waals surface area contributed by atoms with Crippen LogP contribution in [0.5, 0.6) is 6.01 Å². The number of fused-ring (bicyclic) bond motifs is 3. The van der Waals surface area contributed by atoms with Gasteiger partial charge in [0.15, 0.2) is 5.82 Å². The van der Waals surface area contributed by atoms with E-state index in [1.807, 2.05) is 13.8 Å². The van der Waals surface area contributed by atoms with Crippen molar-refractivity contribution in [2.45, 2.75) is 46.1 Å². The molecule has 3 aliphatic rings. The molecule has 7 nitrogen and oxygen atoms in total. The van der Waals surface area contributed by atoms with Gasteiger partial charge in [-0.1, -0.05) is 6.07 Å². The molecule has 2 bridgehead atoms. The van der Waals surface area contributed by atoms with E-state index in [4.69, 9.17) is 15.5 Å². The molecule has 7 heteroatoms. The SMILES string of the molecule is CCOc1nc(C)c(N)c(NCc2ccc(C3CN4CCC3CC4)nc2C)n1. The molecule has 3 N–H and O–H groups in total. The lowest BCUT2D eigenvalue weighted by atomic mass is 9.77. The molecule has 5 heterocycles. The number of nitrogens with one attached hydrogen (secondary N) is 1. The molecule has 0 radical (unpaired) electrons. The summed E-state index contributed by atoms with van der Waals surface area (Å²) < 4.78 is 5.43. The lowest BCUT2D eigenvalue weighted by molar-refractivity contribution is 0.0854. The van der Waals surface area contributed by atoms with Crippen molar-refractivity contribution in [3.8, 4) is 6.01 Å². The van der Waals surface area contributed by atoms with E-state index in [1.165, 1.54) is 31.6 Å². The summed E-state index contributed by atoms with van der Waals surface area (Å²) >= 11 is 0. The van der Waals surface area contributed by atoms with Gasteiger partial charge in [0.25, 0.3) is 0 Å². The van der Waals surface area contributed by atoms with Crippen molar-refractivity contribution in [2.24, 2.45) is 5.92 Å². The standard InChI is InChI=1S/C21H30N6O/c1-4-28-21-25-14(3)19(22)20(26-21)23-11-16-5-6-18(24-13(16)2)17-12-27-9-7-15(17)8-10-27/h5-6,15,17H,4,7-12,22H2,1-3H3,(H,23,25,26). The van der Waals surface area contributed by atoms with Crippen LogP contribution in [0.25, 0.3) is 0 Å². The second-order valence-electron chi connectivity index (χ2n) is 7.87. The molecule has 0 saturated carbocycles. The smallest absolute Gasteiger partial charge is 0.318 e. The summed E-state index contributed by atoms with van der Waals surface area (Å²) in [6, 6.07) is 4.75. The molecule has 2 aromatic rings. The maximum Gasteiger partial charge on any atom is 0.318 e. The van der Waals surface area contributed by atoms with E-state index in [9.17, 15) is 0 Å².